The first-order valence-electron chi connectivity index (χ1n) is 4.96. The van der Waals surface area contributed by atoms with Crippen LogP contribution in [0.4, 0.5) is 0 Å². The average molecular weight is 182 g/mol. The van der Waals surface area contributed by atoms with Gasteiger partial charge in [-0.15, -0.1) is 0 Å². The molecule has 13 heavy (non-hydrogen) atoms. The van der Waals surface area contributed by atoms with Gasteiger partial charge in [-0.05, 0) is 41.5 Å². The fourth-order valence-electron chi connectivity index (χ4n) is 1.60. The average Bonchev–Trinajstić information content (AvgIpc) is 2.27. The third kappa shape index (κ3) is 2.25. The number of hydrogen-bond donors (Lipinski definition) is 0. The molecule has 2 heteroatoms. The van der Waals surface area contributed by atoms with Crippen molar-refractivity contribution in [3.8, 4) is 0 Å². The van der Waals surface area contributed by atoms with Crippen LogP contribution in [0.25, 0.3) is 0 Å². The van der Waals surface area contributed by atoms with Crippen molar-refractivity contribution in [2.45, 2.75) is 52.6 Å². The van der Waals surface area contributed by atoms with Gasteiger partial charge in [0.2, 0.25) is 0 Å². The summed E-state index contributed by atoms with van der Waals surface area (Å²) in [6, 6.07) is 0. The van der Waals surface area contributed by atoms with Crippen LogP contribution in [0.5, 0.6) is 0 Å². The summed E-state index contributed by atoms with van der Waals surface area (Å²) in [6.07, 6.45) is 4.40. The van der Waals surface area contributed by atoms with Crippen molar-refractivity contribution >= 4 is 0 Å². The number of hydrazine groups is 1. The smallest absolute Gasteiger partial charge is 0.0475 e. The molecule has 0 saturated carbocycles. The van der Waals surface area contributed by atoms with Crippen molar-refractivity contribution in [1.29, 1.82) is 0 Å². The highest BCUT2D eigenvalue weighted by molar-refractivity contribution is 4.99. The van der Waals surface area contributed by atoms with Gasteiger partial charge >= 0.3 is 0 Å². The molecule has 1 aliphatic heterocycles. The monoisotopic (exact) mass is 182 g/mol. The van der Waals surface area contributed by atoms with E-state index in [1.165, 1.54) is 0 Å². The van der Waals surface area contributed by atoms with E-state index in [1.54, 1.807) is 0 Å². The van der Waals surface area contributed by atoms with Crippen molar-refractivity contribution in [3.05, 3.63) is 12.3 Å². The lowest BCUT2D eigenvalue weighted by atomic mass is 10.1. The van der Waals surface area contributed by atoms with Crippen LogP contribution in [0, 0.1) is 0 Å². The maximum Gasteiger partial charge on any atom is 0.0475 e. The molecule has 76 valence electrons. The molecule has 0 radical (unpaired) electrons. The summed E-state index contributed by atoms with van der Waals surface area (Å²) in [6.45, 7) is 14.5. The molecule has 0 aliphatic carbocycles. The molecular formula is C11H22N2. The second-order valence-electron chi connectivity index (χ2n) is 5.65. The van der Waals surface area contributed by atoms with Crippen molar-refractivity contribution in [1.82, 2.24) is 10.0 Å². The van der Waals surface area contributed by atoms with Crippen molar-refractivity contribution in [2.75, 3.05) is 6.54 Å². The van der Waals surface area contributed by atoms with Crippen LogP contribution in [0.1, 0.15) is 41.5 Å². The van der Waals surface area contributed by atoms with E-state index in [1.807, 2.05) is 0 Å². The predicted octanol–water partition coefficient (Wildman–Crippen LogP) is 2.63. The molecule has 0 N–H and O–H groups in total. The van der Waals surface area contributed by atoms with Gasteiger partial charge in [-0.1, -0.05) is 6.08 Å². The molecule has 0 unspecified atom stereocenters. The lowest BCUT2D eigenvalue weighted by molar-refractivity contribution is -0.0837. The van der Waals surface area contributed by atoms with Crippen LogP contribution < -0.4 is 0 Å². The largest absolute Gasteiger partial charge is 0.307 e. The molecule has 1 rings (SSSR count). The number of nitrogens with zero attached hydrogens (tertiary/aromatic N) is 2. The minimum absolute atomic E-state index is 0.181. The topological polar surface area (TPSA) is 6.48 Å². The molecule has 0 atom stereocenters. The zero-order valence-electron chi connectivity index (χ0n) is 9.76. The van der Waals surface area contributed by atoms with Crippen LogP contribution in [-0.2, 0) is 0 Å². The first kappa shape index (κ1) is 10.6. The first-order chi connectivity index (χ1) is 5.73. The molecule has 0 aromatic carbocycles. The fourth-order valence-corrected chi connectivity index (χ4v) is 1.60. The van der Waals surface area contributed by atoms with Crippen LogP contribution >= 0.6 is 0 Å². The zero-order chi connectivity index (χ0) is 10.3. The Bertz CT molecular complexity index is 205. The van der Waals surface area contributed by atoms with E-state index in [0.717, 1.165) is 6.54 Å². The molecule has 0 spiro atoms. The molecule has 1 heterocycles. The van der Waals surface area contributed by atoms with Gasteiger partial charge in [0.1, 0.15) is 0 Å². The van der Waals surface area contributed by atoms with Gasteiger partial charge in [0.25, 0.3) is 0 Å². The second kappa shape index (κ2) is 3.02. The summed E-state index contributed by atoms with van der Waals surface area (Å²) in [5, 5.41) is 4.72. The summed E-state index contributed by atoms with van der Waals surface area (Å²) in [7, 11) is 0. The van der Waals surface area contributed by atoms with Gasteiger partial charge in [-0.2, -0.15) is 0 Å². The Morgan fingerprint density at radius 3 is 1.77 bits per heavy atom. The third-order valence-electron chi connectivity index (χ3n) is 2.25. The predicted molar refractivity (Wildman–Crippen MR) is 57.2 cm³/mol. The minimum atomic E-state index is 0.181. The molecule has 0 amide bonds. The zero-order valence-corrected chi connectivity index (χ0v) is 9.76. The highest BCUT2D eigenvalue weighted by Crippen LogP contribution is 2.27. The molecule has 2 nitrogen and oxygen atoms in total. The Morgan fingerprint density at radius 1 is 0.923 bits per heavy atom. The normalized spacial score (nSPS) is 20.0. The van der Waals surface area contributed by atoms with Gasteiger partial charge in [0.05, 0.1) is 0 Å². The Kier molecular flexibility index (Phi) is 2.46. The summed E-state index contributed by atoms with van der Waals surface area (Å²) in [4.78, 5) is 0. The van der Waals surface area contributed by atoms with E-state index in [4.69, 9.17) is 0 Å². The van der Waals surface area contributed by atoms with Gasteiger partial charge in [0.15, 0.2) is 0 Å². The molecule has 0 bridgehead atoms. The second-order valence-corrected chi connectivity index (χ2v) is 5.65. The number of hydrogen-bond acceptors (Lipinski definition) is 2. The van der Waals surface area contributed by atoms with E-state index in [-0.39, 0.29) is 11.1 Å². The van der Waals surface area contributed by atoms with Crippen molar-refractivity contribution in [2.24, 2.45) is 0 Å². The molecule has 0 saturated heterocycles. The van der Waals surface area contributed by atoms with Crippen molar-refractivity contribution < 1.29 is 0 Å². The Labute approximate surface area is 82.2 Å². The number of rotatable bonds is 0. The maximum atomic E-state index is 2.40. The van der Waals surface area contributed by atoms with Gasteiger partial charge < -0.3 is 5.01 Å². The van der Waals surface area contributed by atoms with E-state index < -0.39 is 0 Å². The van der Waals surface area contributed by atoms with E-state index >= 15 is 0 Å². The van der Waals surface area contributed by atoms with E-state index in [9.17, 15) is 0 Å². The van der Waals surface area contributed by atoms with Gasteiger partial charge in [-0.3, -0.25) is 0 Å². The highest BCUT2D eigenvalue weighted by Gasteiger charge is 2.33. The van der Waals surface area contributed by atoms with Crippen LogP contribution in [0.2, 0.25) is 0 Å². The van der Waals surface area contributed by atoms with Crippen molar-refractivity contribution in [3.63, 3.8) is 0 Å². The molecule has 0 aromatic heterocycles. The standard InChI is InChI=1S/C11H22N2/c1-10(2,3)12-8-7-9-13(12)11(4,5)6/h7-8H,9H2,1-6H3. The summed E-state index contributed by atoms with van der Waals surface area (Å²) < 4.78 is 0. The van der Waals surface area contributed by atoms with Crippen LogP contribution in [0.15, 0.2) is 12.3 Å². The summed E-state index contributed by atoms with van der Waals surface area (Å²) >= 11 is 0. The molecule has 0 aromatic rings. The Morgan fingerprint density at radius 2 is 1.46 bits per heavy atom. The lowest BCUT2D eigenvalue weighted by Gasteiger charge is -2.46. The minimum Gasteiger partial charge on any atom is -0.307 e. The summed E-state index contributed by atoms with van der Waals surface area (Å²) in [5.74, 6) is 0. The Hall–Kier alpha value is -0.500. The highest BCUT2D eigenvalue weighted by atomic mass is 15.7. The summed E-state index contributed by atoms with van der Waals surface area (Å²) in [5.41, 5.74) is 0.386. The van der Waals surface area contributed by atoms with Gasteiger partial charge in [-0.25, -0.2) is 5.01 Å². The first-order valence-corrected chi connectivity index (χ1v) is 4.96. The van der Waals surface area contributed by atoms with Gasteiger partial charge in [0, 0.05) is 23.8 Å². The SMILES string of the molecule is CC(C)(C)N1C=CCN1C(C)(C)C. The molecular weight excluding hydrogens is 160 g/mol. The van der Waals surface area contributed by atoms with Crippen LogP contribution in [0.3, 0.4) is 0 Å². The maximum absolute atomic E-state index is 2.40. The molecule has 0 fully saturated rings. The third-order valence-corrected chi connectivity index (χ3v) is 2.25. The van der Waals surface area contributed by atoms with E-state index in [0.29, 0.717) is 0 Å². The van der Waals surface area contributed by atoms with Crippen LogP contribution in [-0.4, -0.2) is 27.6 Å². The quantitative estimate of drug-likeness (QED) is 0.568. The molecule has 1 aliphatic rings. The lowest BCUT2D eigenvalue weighted by Crippen LogP contribution is -2.54. The van der Waals surface area contributed by atoms with E-state index in [2.05, 4.69) is 63.8 Å². The fraction of sp³-hybridized carbons (Fsp3) is 0.818. The Balaban J connectivity index is 2.81.